The zero-order chi connectivity index (χ0) is 9.38. The number of ether oxygens (including phenoxy) is 1. The second kappa shape index (κ2) is 2.84. The van der Waals surface area contributed by atoms with Gasteiger partial charge in [-0.1, -0.05) is 18.2 Å². The molecule has 2 aromatic rings. The lowest BCUT2D eigenvalue weighted by atomic mass is 10.1. The summed E-state index contributed by atoms with van der Waals surface area (Å²) in [5, 5.41) is 1.13. The minimum atomic E-state index is 0.861. The van der Waals surface area contributed by atoms with E-state index in [0.29, 0.717) is 0 Å². The Hall–Kier alpha value is -1.83. The maximum Gasteiger partial charge on any atom is 0.148 e. The van der Waals surface area contributed by atoms with Crippen LogP contribution in [0.2, 0.25) is 0 Å². The Morgan fingerprint density at radius 3 is 3.14 bits per heavy atom. The summed E-state index contributed by atoms with van der Waals surface area (Å²) in [5.41, 5.74) is 2.05. The number of aromatic nitrogens is 1. The normalized spacial score (nSPS) is 13.7. The molecule has 0 N–H and O–H groups in total. The fourth-order valence-corrected chi connectivity index (χ4v) is 1.67. The quantitative estimate of drug-likeness (QED) is 0.626. The molecule has 14 heavy (non-hydrogen) atoms. The molecule has 1 aliphatic rings. The average molecular weight is 183 g/mol. The molecule has 0 unspecified atom stereocenters. The summed E-state index contributed by atoms with van der Waals surface area (Å²) in [7, 11) is 0. The maximum absolute atomic E-state index is 5.39. The van der Waals surface area contributed by atoms with Crippen molar-refractivity contribution in [2.45, 2.75) is 6.42 Å². The molecule has 0 aliphatic carbocycles. The van der Waals surface area contributed by atoms with Crippen LogP contribution in [0.15, 0.2) is 42.7 Å². The highest BCUT2D eigenvalue weighted by molar-refractivity contribution is 5.80. The molecule has 0 radical (unpaired) electrons. The van der Waals surface area contributed by atoms with Gasteiger partial charge in [-0.05, 0) is 18.2 Å². The predicted octanol–water partition coefficient (Wildman–Crippen LogP) is 2.68. The van der Waals surface area contributed by atoms with E-state index < -0.39 is 0 Å². The Labute approximate surface area is 81.8 Å². The lowest BCUT2D eigenvalue weighted by Crippen LogP contribution is -1.99. The fraction of sp³-hybridized carbons (Fsp3) is 0.0833. The van der Waals surface area contributed by atoms with Gasteiger partial charge >= 0.3 is 0 Å². The molecule has 2 heterocycles. The lowest BCUT2D eigenvalue weighted by Gasteiger charge is -2.11. The SMILES string of the molecule is C1=COc2cc3ccccc3nc2C1. The van der Waals surface area contributed by atoms with Crippen LogP contribution in [-0.2, 0) is 6.42 Å². The Bertz CT molecular complexity index is 470. The summed E-state index contributed by atoms with van der Waals surface area (Å²) in [6.07, 6.45) is 4.56. The monoisotopic (exact) mass is 183 g/mol. The second-order valence-electron chi connectivity index (χ2n) is 3.32. The molecule has 0 atom stereocenters. The van der Waals surface area contributed by atoms with E-state index in [1.54, 1.807) is 6.26 Å². The Morgan fingerprint density at radius 2 is 2.14 bits per heavy atom. The van der Waals surface area contributed by atoms with E-state index in [1.807, 2.05) is 36.4 Å². The van der Waals surface area contributed by atoms with Gasteiger partial charge in [-0.25, -0.2) is 4.98 Å². The van der Waals surface area contributed by atoms with E-state index in [1.165, 1.54) is 0 Å². The minimum absolute atomic E-state index is 0.861. The zero-order valence-corrected chi connectivity index (χ0v) is 7.60. The highest BCUT2D eigenvalue weighted by Gasteiger charge is 2.08. The number of nitrogens with zero attached hydrogens (tertiary/aromatic N) is 1. The Balaban J connectivity index is 2.30. The maximum atomic E-state index is 5.39. The van der Waals surface area contributed by atoms with Crippen molar-refractivity contribution in [1.82, 2.24) is 4.98 Å². The number of hydrogen-bond acceptors (Lipinski definition) is 2. The standard InChI is InChI=1S/C12H9NO/c1-2-5-10-9(4-1)8-12-11(13-10)6-3-7-14-12/h1-5,7-8H,6H2. The molecule has 0 saturated carbocycles. The third-order valence-electron chi connectivity index (χ3n) is 2.37. The molecule has 0 fully saturated rings. The third-order valence-corrected chi connectivity index (χ3v) is 2.37. The van der Waals surface area contributed by atoms with Crippen molar-refractivity contribution in [1.29, 1.82) is 0 Å². The van der Waals surface area contributed by atoms with Crippen LogP contribution in [0.4, 0.5) is 0 Å². The largest absolute Gasteiger partial charge is 0.463 e. The molecule has 0 amide bonds. The summed E-state index contributed by atoms with van der Waals surface area (Å²) >= 11 is 0. The van der Waals surface area contributed by atoms with Gasteiger partial charge in [0.25, 0.3) is 0 Å². The molecular weight excluding hydrogens is 174 g/mol. The summed E-state index contributed by atoms with van der Waals surface area (Å²) in [5.74, 6) is 0.881. The lowest BCUT2D eigenvalue weighted by molar-refractivity contribution is 0.461. The average Bonchev–Trinajstić information content (AvgIpc) is 2.26. The number of fused-ring (bicyclic) bond motifs is 2. The van der Waals surface area contributed by atoms with Crippen LogP contribution in [0.25, 0.3) is 10.9 Å². The van der Waals surface area contributed by atoms with Crippen LogP contribution < -0.4 is 4.74 Å². The predicted molar refractivity (Wildman–Crippen MR) is 55.2 cm³/mol. The van der Waals surface area contributed by atoms with E-state index in [0.717, 1.165) is 28.8 Å². The summed E-state index contributed by atoms with van der Waals surface area (Å²) in [4.78, 5) is 4.54. The molecule has 0 saturated heterocycles. The first kappa shape index (κ1) is 7.56. The minimum Gasteiger partial charge on any atom is -0.463 e. The van der Waals surface area contributed by atoms with Crippen molar-refractivity contribution in [3.63, 3.8) is 0 Å². The third kappa shape index (κ3) is 1.08. The van der Waals surface area contributed by atoms with Crippen LogP contribution in [0.1, 0.15) is 5.69 Å². The Morgan fingerprint density at radius 1 is 1.21 bits per heavy atom. The van der Waals surface area contributed by atoms with Crippen LogP contribution in [-0.4, -0.2) is 4.98 Å². The van der Waals surface area contributed by atoms with Crippen LogP contribution >= 0.6 is 0 Å². The van der Waals surface area contributed by atoms with Gasteiger partial charge in [0.05, 0.1) is 17.5 Å². The van der Waals surface area contributed by atoms with E-state index >= 15 is 0 Å². The van der Waals surface area contributed by atoms with Gasteiger partial charge in [-0.15, -0.1) is 0 Å². The van der Waals surface area contributed by atoms with Gasteiger partial charge in [0.15, 0.2) is 0 Å². The van der Waals surface area contributed by atoms with Crippen molar-refractivity contribution < 1.29 is 4.74 Å². The van der Waals surface area contributed by atoms with Crippen molar-refractivity contribution in [3.8, 4) is 5.75 Å². The first-order chi connectivity index (χ1) is 6.93. The van der Waals surface area contributed by atoms with Crippen molar-refractivity contribution in [2.24, 2.45) is 0 Å². The topological polar surface area (TPSA) is 22.1 Å². The molecule has 2 heteroatoms. The molecule has 1 aromatic carbocycles. The van der Waals surface area contributed by atoms with Crippen LogP contribution in [0.3, 0.4) is 0 Å². The number of rotatable bonds is 0. The molecule has 0 spiro atoms. The van der Waals surface area contributed by atoms with Gasteiger partial charge in [-0.2, -0.15) is 0 Å². The highest BCUT2D eigenvalue weighted by Crippen LogP contribution is 2.25. The van der Waals surface area contributed by atoms with Crippen molar-refractivity contribution in [2.75, 3.05) is 0 Å². The van der Waals surface area contributed by atoms with Gasteiger partial charge in [-0.3, -0.25) is 0 Å². The summed E-state index contributed by atoms with van der Waals surface area (Å²) in [6, 6.07) is 10.1. The molecule has 3 rings (SSSR count). The van der Waals surface area contributed by atoms with Crippen molar-refractivity contribution >= 4 is 10.9 Å². The van der Waals surface area contributed by atoms with Gasteiger partial charge in [0.1, 0.15) is 5.75 Å². The smallest absolute Gasteiger partial charge is 0.148 e. The molecule has 68 valence electrons. The van der Waals surface area contributed by atoms with Crippen molar-refractivity contribution in [3.05, 3.63) is 48.4 Å². The zero-order valence-electron chi connectivity index (χ0n) is 7.60. The number of hydrogen-bond donors (Lipinski definition) is 0. The number of benzene rings is 1. The van der Waals surface area contributed by atoms with E-state index in [2.05, 4.69) is 4.98 Å². The van der Waals surface area contributed by atoms with Gasteiger partial charge in [0, 0.05) is 11.8 Å². The molecule has 0 bridgehead atoms. The van der Waals surface area contributed by atoms with E-state index in [9.17, 15) is 0 Å². The number of para-hydroxylation sites is 1. The molecule has 2 nitrogen and oxygen atoms in total. The molecular formula is C12H9NO. The first-order valence-electron chi connectivity index (χ1n) is 4.64. The molecule has 1 aliphatic heterocycles. The summed E-state index contributed by atoms with van der Waals surface area (Å²) in [6.45, 7) is 0. The highest BCUT2D eigenvalue weighted by atomic mass is 16.5. The first-order valence-corrected chi connectivity index (χ1v) is 4.64. The van der Waals surface area contributed by atoms with Crippen LogP contribution in [0, 0.1) is 0 Å². The summed E-state index contributed by atoms with van der Waals surface area (Å²) < 4.78 is 5.39. The van der Waals surface area contributed by atoms with E-state index in [4.69, 9.17) is 4.74 Å². The van der Waals surface area contributed by atoms with Crippen LogP contribution in [0.5, 0.6) is 5.75 Å². The molecule has 1 aromatic heterocycles. The fourth-order valence-electron chi connectivity index (χ4n) is 1.67. The second-order valence-corrected chi connectivity index (χ2v) is 3.32. The van der Waals surface area contributed by atoms with E-state index in [-0.39, 0.29) is 0 Å². The number of allylic oxidation sites excluding steroid dienone is 1. The number of pyridine rings is 1. The Kier molecular flexibility index (Phi) is 1.53. The van der Waals surface area contributed by atoms with Gasteiger partial charge < -0.3 is 4.74 Å². The van der Waals surface area contributed by atoms with Gasteiger partial charge in [0.2, 0.25) is 0 Å².